The lowest BCUT2D eigenvalue weighted by molar-refractivity contribution is 0.0976. The number of nitrogens with zero attached hydrogens (tertiary/aromatic N) is 1. The SMILES string of the molecule is COc1ccc(-n2c3c(sc2=N)C(=O)CCC3)cc1. The maximum absolute atomic E-state index is 11.9. The molecule has 0 atom stereocenters. The molecule has 0 amide bonds. The Hall–Kier alpha value is -1.88. The van der Waals surface area contributed by atoms with E-state index in [2.05, 4.69) is 0 Å². The van der Waals surface area contributed by atoms with Crippen molar-refractivity contribution in [3.63, 3.8) is 0 Å². The van der Waals surface area contributed by atoms with Crippen molar-refractivity contribution in [2.45, 2.75) is 19.3 Å². The number of ether oxygens (including phenoxy) is 1. The number of fused-ring (bicyclic) bond motifs is 1. The molecule has 0 fully saturated rings. The van der Waals surface area contributed by atoms with E-state index in [4.69, 9.17) is 10.1 Å². The molecular weight excluding hydrogens is 260 g/mol. The molecule has 1 aliphatic rings. The van der Waals surface area contributed by atoms with Crippen LogP contribution in [0, 0.1) is 5.41 Å². The number of carbonyl (C=O) groups is 1. The zero-order chi connectivity index (χ0) is 13.4. The van der Waals surface area contributed by atoms with Gasteiger partial charge >= 0.3 is 0 Å². The van der Waals surface area contributed by atoms with Gasteiger partial charge < -0.3 is 4.74 Å². The first kappa shape index (κ1) is 12.2. The van der Waals surface area contributed by atoms with E-state index in [-0.39, 0.29) is 5.78 Å². The number of carbonyl (C=O) groups excluding carboxylic acids is 1. The van der Waals surface area contributed by atoms with Crippen LogP contribution in [0.1, 0.15) is 28.2 Å². The van der Waals surface area contributed by atoms with Crippen LogP contribution in [0.4, 0.5) is 0 Å². The van der Waals surface area contributed by atoms with Crippen LogP contribution in [0.3, 0.4) is 0 Å². The molecule has 1 aromatic heterocycles. The van der Waals surface area contributed by atoms with Gasteiger partial charge in [-0.05, 0) is 37.1 Å². The maximum Gasteiger partial charge on any atom is 0.187 e. The van der Waals surface area contributed by atoms with E-state index in [1.165, 1.54) is 11.3 Å². The average Bonchev–Trinajstić information content (AvgIpc) is 2.77. The predicted molar refractivity (Wildman–Crippen MR) is 73.3 cm³/mol. The van der Waals surface area contributed by atoms with Crippen LogP contribution in [0.25, 0.3) is 5.69 Å². The minimum absolute atomic E-state index is 0.173. The summed E-state index contributed by atoms with van der Waals surface area (Å²) in [7, 11) is 1.63. The second-order valence-electron chi connectivity index (χ2n) is 4.49. The van der Waals surface area contributed by atoms with Crippen molar-refractivity contribution in [2.24, 2.45) is 0 Å². The largest absolute Gasteiger partial charge is 0.497 e. The van der Waals surface area contributed by atoms with Crippen LogP contribution in [0.2, 0.25) is 0 Å². The first-order valence-electron chi connectivity index (χ1n) is 6.17. The first-order chi connectivity index (χ1) is 9.20. The van der Waals surface area contributed by atoms with Crippen LogP contribution in [0.5, 0.6) is 5.75 Å². The van der Waals surface area contributed by atoms with E-state index in [1.807, 2.05) is 28.8 Å². The van der Waals surface area contributed by atoms with Gasteiger partial charge in [-0.15, -0.1) is 0 Å². The fourth-order valence-corrected chi connectivity index (χ4v) is 3.43. The molecule has 5 heteroatoms. The minimum atomic E-state index is 0.173. The molecule has 3 rings (SSSR count). The molecule has 0 saturated heterocycles. The molecule has 0 unspecified atom stereocenters. The highest BCUT2D eigenvalue weighted by atomic mass is 32.1. The fraction of sp³-hybridized carbons (Fsp3) is 0.286. The summed E-state index contributed by atoms with van der Waals surface area (Å²) >= 11 is 1.28. The highest BCUT2D eigenvalue weighted by Crippen LogP contribution is 2.26. The highest BCUT2D eigenvalue weighted by molar-refractivity contribution is 7.11. The zero-order valence-electron chi connectivity index (χ0n) is 10.6. The summed E-state index contributed by atoms with van der Waals surface area (Å²) in [5.74, 6) is 0.961. The number of hydrogen-bond donors (Lipinski definition) is 1. The molecule has 1 N–H and O–H groups in total. The molecule has 98 valence electrons. The highest BCUT2D eigenvalue weighted by Gasteiger charge is 2.23. The number of rotatable bonds is 2. The van der Waals surface area contributed by atoms with Crippen LogP contribution in [-0.2, 0) is 6.42 Å². The maximum atomic E-state index is 11.9. The van der Waals surface area contributed by atoms with Gasteiger partial charge in [0.15, 0.2) is 10.6 Å². The summed E-state index contributed by atoms with van der Waals surface area (Å²) in [6.07, 6.45) is 2.34. The topological polar surface area (TPSA) is 55.1 Å². The van der Waals surface area contributed by atoms with Crippen LogP contribution >= 0.6 is 11.3 Å². The quantitative estimate of drug-likeness (QED) is 0.915. The average molecular weight is 274 g/mol. The number of hydrogen-bond acceptors (Lipinski definition) is 4. The normalized spacial score (nSPS) is 14.3. The Bertz CT molecular complexity index is 682. The second kappa shape index (κ2) is 4.66. The van der Waals surface area contributed by atoms with Crippen molar-refractivity contribution in [3.8, 4) is 11.4 Å². The van der Waals surface area contributed by atoms with Crippen molar-refractivity contribution < 1.29 is 9.53 Å². The molecule has 0 radical (unpaired) electrons. The first-order valence-corrected chi connectivity index (χ1v) is 6.99. The number of thiazole rings is 1. The van der Waals surface area contributed by atoms with Gasteiger partial charge in [-0.3, -0.25) is 14.8 Å². The molecule has 1 heterocycles. The lowest BCUT2D eigenvalue weighted by Gasteiger charge is -2.14. The third-order valence-electron chi connectivity index (χ3n) is 3.34. The van der Waals surface area contributed by atoms with Crippen LogP contribution < -0.4 is 9.54 Å². The number of benzene rings is 1. The van der Waals surface area contributed by atoms with Crippen molar-refractivity contribution >= 4 is 17.1 Å². The van der Waals surface area contributed by atoms with Crippen molar-refractivity contribution in [1.29, 1.82) is 5.41 Å². The molecule has 0 bridgehead atoms. The second-order valence-corrected chi connectivity index (χ2v) is 5.49. The summed E-state index contributed by atoms with van der Waals surface area (Å²) in [6.45, 7) is 0. The molecular formula is C14H14N2O2S. The van der Waals surface area contributed by atoms with Crippen molar-refractivity contribution in [3.05, 3.63) is 39.6 Å². The van der Waals surface area contributed by atoms with E-state index in [1.54, 1.807) is 7.11 Å². The van der Waals surface area contributed by atoms with Gasteiger partial charge in [-0.25, -0.2) is 0 Å². The van der Waals surface area contributed by atoms with Gasteiger partial charge in [0.1, 0.15) is 5.75 Å². The van der Waals surface area contributed by atoms with E-state index < -0.39 is 0 Å². The van der Waals surface area contributed by atoms with E-state index in [9.17, 15) is 4.79 Å². The molecule has 0 aliphatic heterocycles. The van der Waals surface area contributed by atoms with Crippen LogP contribution in [-0.4, -0.2) is 17.5 Å². The number of nitrogens with one attached hydrogen (secondary N) is 1. The Morgan fingerprint density at radius 1 is 1.26 bits per heavy atom. The smallest absolute Gasteiger partial charge is 0.187 e. The molecule has 19 heavy (non-hydrogen) atoms. The summed E-state index contributed by atoms with van der Waals surface area (Å²) in [5.41, 5.74) is 1.90. The van der Waals surface area contributed by atoms with Crippen molar-refractivity contribution in [1.82, 2.24) is 4.57 Å². The Balaban J connectivity index is 2.14. The van der Waals surface area contributed by atoms with E-state index >= 15 is 0 Å². The molecule has 1 aromatic carbocycles. The van der Waals surface area contributed by atoms with Crippen molar-refractivity contribution in [2.75, 3.05) is 7.11 Å². The molecule has 4 nitrogen and oxygen atoms in total. The number of Topliss-reactive ketones (excluding diaryl/α,β-unsaturated/α-hetero) is 1. The lowest BCUT2D eigenvalue weighted by Crippen LogP contribution is -2.17. The van der Waals surface area contributed by atoms with Gasteiger partial charge in [-0.1, -0.05) is 11.3 Å². The minimum Gasteiger partial charge on any atom is -0.497 e. The number of methoxy groups -OCH3 is 1. The van der Waals surface area contributed by atoms with E-state index in [0.29, 0.717) is 11.2 Å². The third-order valence-corrected chi connectivity index (χ3v) is 4.38. The predicted octanol–water partition coefficient (Wildman–Crippen LogP) is 2.55. The lowest BCUT2D eigenvalue weighted by atomic mass is 10.0. The molecule has 1 aliphatic carbocycles. The summed E-state index contributed by atoms with van der Waals surface area (Å²) in [6, 6.07) is 7.58. The van der Waals surface area contributed by atoms with Crippen LogP contribution in [0.15, 0.2) is 24.3 Å². The van der Waals surface area contributed by atoms with Gasteiger partial charge in [0, 0.05) is 17.8 Å². The number of aromatic nitrogens is 1. The summed E-state index contributed by atoms with van der Waals surface area (Å²) in [4.78, 5) is 13.0. The van der Waals surface area contributed by atoms with Gasteiger partial charge in [-0.2, -0.15) is 0 Å². The Morgan fingerprint density at radius 3 is 2.68 bits per heavy atom. The molecule has 2 aromatic rings. The van der Waals surface area contributed by atoms with Gasteiger partial charge in [0.05, 0.1) is 12.0 Å². The number of ketones is 1. The standard InChI is InChI=1S/C14H14N2O2S/c1-18-10-7-5-9(6-8-10)16-11-3-2-4-12(17)13(11)19-14(16)15/h5-8,15H,2-4H2,1H3. The van der Waals surface area contributed by atoms with Gasteiger partial charge in [0.2, 0.25) is 0 Å². The molecule has 0 spiro atoms. The fourth-order valence-electron chi connectivity index (χ4n) is 2.40. The Morgan fingerprint density at radius 2 is 2.00 bits per heavy atom. The summed E-state index contributed by atoms with van der Waals surface area (Å²) in [5, 5.41) is 8.09. The zero-order valence-corrected chi connectivity index (χ0v) is 11.4. The Labute approximate surface area is 114 Å². The van der Waals surface area contributed by atoms with Gasteiger partial charge in [0.25, 0.3) is 0 Å². The molecule has 0 saturated carbocycles. The third kappa shape index (κ3) is 2.00. The summed E-state index contributed by atoms with van der Waals surface area (Å²) < 4.78 is 7.01. The Kier molecular flexibility index (Phi) is 2.98. The monoisotopic (exact) mass is 274 g/mol. The van der Waals surface area contributed by atoms with E-state index in [0.717, 1.165) is 34.8 Å².